The Hall–Kier alpha value is -2.71. The van der Waals surface area contributed by atoms with Crippen molar-refractivity contribution in [3.63, 3.8) is 0 Å². The van der Waals surface area contributed by atoms with Crippen LogP contribution in [0.25, 0.3) is 0 Å². The van der Waals surface area contributed by atoms with Crippen LogP contribution in [0.15, 0.2) is 53.4 Å². The van der Waals surface area contributed by atoms with Crippen LogP contribution >= 0.6 is 0 Å². The van der Waals surface area contributed by atoms with Crippen molar-refractivity contribution in [2.45, 2.75) is 4.90 Å². The summed E-state index contributed by atoms with van der Waals surface area (Å²) in [5, 5.41) is 5.16. The molecule has 0 fully saturated rings. The number of hydrogen-bond donors (Lipinski definition) is 3. The molecule has 0 unspecified atom stereocenters. The maximum absolute atomic E-state index is 12.3. The molecular formula is C16H17N3O4S. The molecule has 0 saturated heterocycles. The van der Waals surface area contributed by atoms with Crippen LogP contribution in [0, 0.1) is 0 Å². The molecule has 0 aromatic heterocycles. The van der Waals surface area contributed by atoms with Gasteiger partial charge in [-0.15, -0.1) is 0 Å². The molecule has 8 heteroatoms. The highest BCUT2D eigenvalue weighted by atomic mass is 32.2. The standard InChI is InChI=1S/C16H17N3O4S/c1-17-15(20)11-6-8-13(9-7-11)19-16(21)12-4-3-5-14(10-12)24(22,23)18-2/h3-10,18H,1-2H3,(H,17,20)(H,19,21). The van der Waals surface area contributed by atoms with E-state index in [1.165, 1.54) is 38.4 Å². The van der Waals surface area contributed by atoms with Gasteiger partial charge in [-0.1, -0.05) is 6.07 Å². The Labute approximate surface area is 140 Å². The van der Waals surface area contributed by atoms with Crippen molar-refractivity contribution >= 4 is 27.5 Å². The Bertz CT molecular complexity index is 861. The monoisotopic (exact) mass is 347 g/mol. The van der Waals surface area contributed by atoms with Gasteiger partial charge >= 0.3 is 0 Å². The van der Waals surface area contributed by atoms with Crippen molar-refractivity contribution in [3.8, 4) is 0 Å². The van der Waals surface area contributed by atoms with Crippen LogP contribution in [0.5, 0.6) is 0 Å². The lowest BCUT2D eigenvalue weighted by molar-refractivity contribution is 0.0962. The van der Waals surface area contributed by atoms with Crippen molar-refractivity contribution in [1.29, 1.82) is 0 Å². The minimum absolute atomic E-state index is 0.00705. The van der Waals surface area contributed by atoms with Crippen LogP contribution in [0.2, 0.25) is 0 Å². The van der Waals surface area contributed by atoms with Gasteiger partial charge in [-0.05, 0) is 49.5 Å². The van der Waals surface area contributed by atoms with Crippen LogP contribution in [0.1, 0.15) is 20.7 Å². The molecule has 2 amide bonds. The van der Waals surface area contributed by atoms with Crippen LogP contribution < -0.4 is 15.4 Å². The Morgan fingerprint density at radius 2 is 1.54 bits per heavy atom. The van der Waals surface area contributed by atoms with Crippen molar-refractivity contribution in [3.05, 3.63) is 59.7 Å². The smallest absolute Gasteiger partial charge is 0.255 e. The second-order valence-electron chi connectivity index (χ2n) is 4.85. The third-order valence-corrected chi connectivity index (χ3v) is 4.72. The number of sulfonamides is 1. The minimum Gasteiger partial charge on any atom is -0.355 e. The SMILES string of the molecule is CNC(=O)c1ccc(NC(=O)c2cccc(S(=O)(=O)NC)c2)cc1. The molecule has 0 bridgehead atoms. The fraction of sp³-hybridized carbons (Fsp3) is 0.125. The Morgan fingerprint density at radius 1 is 0.875 bits per heavy atom. The summed E-state index contributed by atoms with van der Waals surface area (Å²) >= 11 is 0. The molecule has 0 aliphatic heterocycles. The maximum atomic E-state index is 12.3. The number of anilines is 1. The average molecular weight is 347 g/mol. The average Bonchev–Trinajstić information content (AvgIpc) is 2.61. The van der Waals surface area contributed by atoms with E-state index >= 15 is 0 Å². The van der Waals surface area contributed by atoms with Crippen LogP contribution in [0.4, 0.5) is 5.69 Å². The second kappa shape index (κ2) is 7.24. The van der Waals surface area contributed by atoms with Gasteiger partial charge in [0.15, 0.2) is 0 Å². The summed E-state index contributed by atoms with van der Waals surface area (Å²) < 4.78 is 25.8. The lowest BCUT2D eigenvalue weighted by Gasteiger charge is -2.08. The van der Waals surface area contributed by atoms with Gasteiger partial charge in [-0.3, -0.25) is 9.59 Å². The number of amides is 2. The number of rotatable bonds is 5. The van der Waals surface area contributed by atoms with Gasteiger partial charge in [-0.2, -0.15) is 0 Å². The lowest BCUT2D eigenvalue weighted by Crippen LogP contribution is -2.20. The Balaban J connectivity index is 2.18. The molecule has 2 aromatic carbocycles. The van der Waals surface area contributed by atoms with Gasteiger partial charge in [0.1, 0.15) is 0 Å². The predicted molar refractivity (Wildman–Crippen MR) is 90.5 cm³/mol. The Kier molecular flexibility index (Phi) is 5.32. The van der Waals surface area contributed by atoms with Crippen LogP contribution in [0.3, 0.4) is 0 Å². The first-order valence-corrected chi connectivity index (χ1v) is 8.53. The number of carbonyl (C=O) groups excluding carboxylic acids is 2. The first kappa shape index (κ1) is 17.6. The van der Waals surface area contributed by atoms with Gasteiger partial charge in [-0.25, -0.2) is 13.1 Å². The molecular weight excluding hydrogens is 330 g/mol. The molecule has 24 heavy (non-hydrogen) atoms. The summed E-state index contributed by atoms with van der Waals surface area (Å²) in [6.45, 7) is 0. The first-order chi connectivity index (χ1) is 11.4. The van der Waals surface area contributed by atoms with E-state index < -0.39 is 15.9 Å². The third-order valence-electron chi connectivity index (χ3n) is 3.31. The molecule has 0 aliphatic rings. The molecule has 2 aromatic rings. The summed E-state index contributed by atoms with van der Waals surface area (Å²) in [6, 6.07) is 12.1. The predicted octanol–water partition coefficient (Wildman–Crippen LogP) is 1.21. The molecule has 0 radical (unpaired) electrons. The van der Waals surface area contributed by atoms with Gasteiger partial charge in [0.2, 0.25) is 10.0 Å². The highest BCUT2D eigenvalue weighted by Gasteiger charge is 2.14. The zero-order chi connectivity index (χ0) is 17.7. The van der Waals surface area contributed by atoms with E-state index in [1.54, 1.807) is 24.3 Å². The zero-order valence-electron chi connectivity index (χ0n) is 13.2. The van der Waals surface area contributed by atoms with E-state index in [9.17, 15) is 18.0 Å². The molecule has 0 spiro atoms. The quantitative estimate of drug-likeness (QED) is 0.756. The second-order valence-corrected chi connectivity index (χ2v) is 6.73. The molecule has 0 aliphatic carbocycles. The van der Waals surface area contributed by atoms with Gasteiger partial charge in [0, 0.05) is 23.9 Å². The zero-order valence-corrected chi connectivity index (χ0v) is 14.0. The number of carbonyl (C=O) groups is 2. The van der Waals surface area contributed by atoms with Gasteiger partial charge in [0.25, 0.3) is 11.8 Å². The first-order valence-electron chi connectivity index (χ1n) is 7.04. The van der Waals surface area contributed by atoms with Crippen molar-refractivity contribution in [1.82, 2.24) is 10.0 Å². The summed E-state index contributed by atoms with van der Waals surface area (Å²) in [6.07, 6.45) is 0. The van der Waals surface area contributed by atoms with E-state index in [4.69, 9.17) is 0 Å². The van der Waals surface area contributed by atoms with Crippen LogP contribution in [-0.2, 0) is 10.0 Å². The molecule has 126 valence electrons. The van der Waals surface area contributed by atoms with Gasteiger partial charge in [0.05, 0.1) is 4.90 Å². The number of nitrogens with one attached hydrogen (secondary N) is 3. The summed E-state index contributed by atoms with van der Waals surface area (Å²) in [5.74, 6) is -0.673. The van der Waals surface area contributed by atoms with E-state index in [-0.39, 0.29) is 16.4 Å². The molecule has 3 N–H and O–H groups in total. The molecule has 0 atom stereocenters. The number of hydrogen-bond acceptors (Lipinski definition) is 4. The van der Waals surface area contributed by atoms with Crippen molar-refractivity contribution in [2.75, 3.05) is 19.4 Å². The summed E-state index contributed by atoms with van der Waals surface area (Å²) in [4.78, 5) is 23.7. The summed E-state index contributed by atoms with van der Waals surface area (Å²) in [7, 11) is -0.786. The summed E-state index contributed by atoms with van der Waals surface area (Å²) in [5.41, 5.74) is 1.17. The topological polar surface area (TPSA) is 104 Å². The van der Waals surface area contributed by atoms with E-state index in [0.29, 0.717) is 11.3 Å². The van der Waals surface area contributed by atoms with E-state index in [0.717, 1.165) is 0 Å². The normalized spacial score (nSPS) is 10.9. The van der Waals surface area contributed by atoms with E-state index in [1.807, 2.05) is 0 Å². The fourth-order valence-corrected chi connectivity index (χ4v) is 2.75. The lowest BCUT2D eigenvalue weighted by atomic mass is 10.1. The third kappa shape index (κ3) is 3.98. The largest absolute Gasteiger partial charge is 0.355 e. The molecule has 0 heterocycles. The Morgan fingerprint density at radius 3 is 2.12 bits per heavy atom. The highest BCUT2D eigenvalue weighted by molar-refractivity contribution is 7.89. The van der Waals surface area contributed by atoms with Gasteiger partial charge < -0.3 is 10.6 Å². The minimum atomic E-state index is -3.62. The van der Waals surface area contributed by atoms with Crippen LogP contribution in [-0.4, -0.2) is 34.3 Å². The number of benzene rings is 2. The van der Waals surface area contributed by atoms with Crippen molar-refractivity contribution < 1.29 is 18.0 Å². The maximum Gasteiger partial charge on any atom is 0.255 e. The molecule has 7 nitrogen and oxygen atoms in total. The van der Waals surface area contributed by atoms with Crippen molar-refractivity contribution in [2.24, 2.45) is 0 Å². The molecule has 0 saturated carbocycles. The molecule has 2 rings (SSSR count). The van der Waals surface area contributed by atoms with E-state index in [2.05, 4.69) is 15.4 Å². The fourth-order valence-electron chi connectivity index (χ4n) is 1.97. The highest BCUT2D eigenvalue weighted by Crippen LogP contribution is 2.14.